The molecule has 3 rings (SSSR count). The van der Waals surface area contributed by atoms with Crippen LogP contribution in [0.2, 0.25) is 0 Å². The molecule has 2 heterocycles. The summed E-state index contributed by atoms with van der Waals surface area (Å²) < 4.78 is 3.63. The highest BCUT2D eigenvalue weighted by Gasteiger charge is 2.09. The highest BCUT2D eigenvalue weighted by Crippen LogP contribution is 2.13. The maximum Gasteiger partial charge on any atom is 0.159 e. The van der Waals surface area contributed by atoms with Crippen LogP contribution in [0, 0.1) is 0 Å². The Kier molecular flexibility index (Phi) is 3.12. The van der Waals surface area contributed by atoms with Crippen molar-refractivity contribution >= 4 is 5.78 Å². The molecule has 0 aliphatic carbocycles. The fraction of sp³-hybridized carbons (Fsp3) is 0.143. The normalized spacial score (nSPS) is 10.7. The summed E-state index contributed by atoms with van der Waals surface area (Å²) in [5.74, 6) is 0.794. The van der Waals surface area contributed by atoms with E-state index in [9.17, 15) is 4.79 Å². The second kappa shape index (κ2) is 5.08. The summed E-state index contributed by atoms with van der Waals surface area (Å²) in [6.45, 7) is 2.08. The number of ketones is 1. The number of rotatable bonds is 4. The zero-order valence-corrected chi connectivity index (χ0v) is 11.0. The van der Waals surface area contributed by atoms with Crippen molar-refractivity contribution in [1.82, 2.24) is 24.5 Å². The molecular weight excluding hydrogens is 254 g/mol. The lowest BCUT2D eigenvalue weighted by molar-refractivity contribution is 0.101. The van der Waals surface area contributed by atoms with E-state index in [0.29, 0.717) is 12.1 Å². The number of aromatic nitrogens is 5. The molecule has 100 valence electrons. The lowest BCUT2D eigenvalue weighted by Crippen LogP contribution is -2.08. The number of carbonyl (C=O) groups excluding carboxylic acids is 1. The molecule has 0 spiro atoms. The SMILES string of the molecule is CC(=O)c1cccc(-n2cnnc2Cn2cccn2)c1. The molecule has 0 radical (unpaired) electrons. The minimum atomic E-state index is 0.0357. The molecule has 0 unspecified atom stereocenters. The van der Waals surface area contributed by atoms with Gasteiger partial charge in [0.05, 0.1) is 0 Å². The smallest absolute Gasteiger partial charge is 0.159 e. The molecule has 0 atom stereocenters. The van der Waals surface area contributed by atoms with Gasteiger partial charge in [0.25, 0.3) is 0 Å². The van der Waals surface area contributed by atoms with Gasteiger partial charge in [-0.1, -0.05) is 12.1 Å². The summed E-state index contributed by atoms with van der Waals surface area (Å²) in [4.78, 5) is 11.5. The summed E-state index contributed by atoms with van der Waals surface area (Å²) in [7, 11) is 0. The van der Waals surface area contributed by atoms with Gasteiger partial charge in [-0.15, -0.1) is 10.2 Å². The van der Waals surface area contributed by atoms with Crippen molar-refractivity contribution in [3.8, 4) is 5.69 Å². The third-order valence-corrected chi connectivity index (χ3v) is 3.01. The molecule has 0 amide bonds. The third-order valence-electron chi connectivity index (χ3n) is 3.01. The van der Waals surface area contributed by atoms with Crippen LogP contribution in [0.15, 0.2) is 49.1 Å². The number of hydrogen-bond donors (Lipinski definition) is 0. The molecular formula is C14H13N5O. The Hall–Kier alpha value is -2.76. The van der Waals surface area contributed by atoms with E-state index in [-0.39, 0.29) is 5.78 Å². The summed E-state index contributed by atoms with van der Waals surface area (Å²) in [5.41, 5.74) is 1.53. The summed E-state index contributed by atoms with van der Waals surface area (Å²) in [6.07, 6.45) is 5.22. The molecule has 0 N–H and O–H groups in total. The van der Waals surface area contributed by atoms with Crippen LogP contribution >= 0.6 is 0 Å². The van der Waals surface area contributed by atoms with E-state index in [4.69, 9.17) is 0 Å². The van der Waals surface area contributed by atoms with Crippen molar-refractivity contribution in [3.05, 3.63) is 60.4 Å². The molecule has 0 saturated heterocycles. The standard InChI is InChI=1S/C14H13N5O/c1-11(20)12-4-2-5-13(8-12)19-10-15-17-14(19)9-18-7-3-6-16-18/h2-8,10H,9H2,1H3. The monoisotopic (exact) mass is 267 g/mol. The number of carbonyl (C=O) groups is 1. The van der Waals surface area contributed by atoms with Gasteiger partial charge in [0, 0.05) is 23.6 Å². The number of nitrogens with zero attached hydrogens (tertiary/aromatic N) is 5. The van der Waals surface area contributed by atoms with Crippen molar-refractivity contribution in [2.45, 2.75) is 13.5 Å². The van der Waals surface area contributed by atoms with Crippen LogP contribution in [0.3, 0.4) is 0 Å². The fourth-order valence-corrected chi connectivity index (χ4v) is 2.00. The minimum Gasteiger partial charge on any atom is -0.295 e. The molecule has 6 nitrogen and oxygen atoms in total. The minimum absolute atomic E-state index is 0.0357. The zero-order chi connectivity index (χ0) is 13.9. The molecule has 1 aromatic carbocycles. The first-order valence-corrected chi connectivity index (χ1v) is 6.22. The van der Waals surface area contributed by atoms with Crippen LogP contribution in [0.1, 0.15) is 23.1 Å². The lowest BCUT2D eigenvalue weighted by atomic mass is 10.1. The van der Waals surface area contributed by atoms with Gasteiger partial charge in [-0.05, 0) is 25.1 Å². The predicted molar refractivity (Wildman–Crippen MR) is 72.7 cm³/mol. The number of benzene rings is 1. The first-order chi connectivity index (χ1) is 9.74. The maximum atomic E-state index is 11.5. The van der Waals surface area contributed by atoms with E-state index in [1.807, 2.05) is 35.0 Å². The van der Waals surface area contributed by atoms with Crippen molar-refractivity contribution in [2.75, 3.05) is 0 Å². The van der Waals surface area contributed by atoms with Crippen molar-refractivity contribution in [1.29, 1.82) is 0 Å². The van der Waals surface area contributed by atoms with Crippen LogP contribution in [-0.4, -0.2) is 30.3 Å². The van der Waals surface area contributed by atoms with E-state index < -0.39 is 0 Å². The topological polar surface area (TPSA) is 65.6 Å². The molecule has 0 fully saturated rings. The second-order valence-electron chi connectivity index (χ2n) is 4.43. The van der Waals surface area contributed by atoms with Gasteiger partial charge < -0.3 is 0 Å². The Morgan fingerprint density at radius 1 is 1.30 bits per heavy atom. The molecule has 20 heavy (non-hydrogen) atoms. The molecule has 3 aromatic rings. The Labute approximate surface area is 115 Å². The maximum absolute atomic E-state index is 11.5. The highest BCUT2D eigenvalue weighted by molar-refractivity contribution is 5.94. The average Bonchev–Trinajstić information content (AvgIpc) is 3.11. The molecule has 2 aromatic heterocycles. The highest BCUT2D eigenvalue weighted by atomic mass is 16.1. The van der Waals surface area contributed by atoms with E-state index >= 15 is 0 Å². The van der Waals surface area contributed by atoms with Gasteiger partial charge in [-0.2, -0.15) is 5.10 Å². The average molecular weight is 267 g/mol. The lowest BCUT2D eigenvalue weighted by Gasteiger charge is -2.07. The second-order valence-corrected chi connectivity index (χ2v) is 4.43. The fourth-order valence-electron chi connectivity index (χ4n) is 2.00. The van der Waals surface area contributed by atoms with Gasteiger partial charge in [0.15, 0.2) is 11.6 Å². The van der Waals surface area contributed by atoms with Gasteiger partial charge in [0.1, 0.15) is 12.9 Å². The van der Waals surface area contributed by atoms with E-state index in [1.165, 1.54) is 0 Å². The van der Waals surface area contributed by atoms with E-state index in [1.54, 1.807) is 30.2 Å². The van der Waals surface area contributed by atoms with Crippen LogP contribution in [0.25, 0.3) is 5.69 Å². The largest absolute Gasteiger partial charge is 0.295 e. The molecule has 0 aliphatic rings. The quantitative estimate of drug-likeness (QED) is 0.675. The molecule has 6 heteroatoms. The number of Topliss-reactive ketones (excluding diaryl/α,β-unsaturated/α-hetero) is 1. The van der Waals surface area contributed by atoms with E-state index in [2.05, 4.69) is 15.3 Å². The Balaban J connectivity index is 1.97. The summed E-state index contributed by atoms with van der Waals surface area (Å²) in [6, 6.07) is 9.25. The van der Waals surface area contributed by atoms with Crippen molar-refractivity contribution in [3.63, 3.8) is 0 Å². The first-order valence-electron chi connectivity index (χ1n) is 6.22. The van der Waals surface area contributed by atoms with Gasteiger partial charge in [0.2, 0.25) is 0 Å². The Morgan fingerprint density at radius 2 is 2.20 bits per heavy atom. The van der Waals surface area contributed by atoms with Crippen LogP contribution in [-0.2, 0) is 6.54 Å². The Morgan fingerprint density at radius 3 is 2.95 bits per heavy atom. The molecule has 0 bridgehead atoms. The van der Waals surface area contributed by atoms with Crippen LogP contribution in [0.5, 0.6) is 0 Å². The van der Waals surface area contributed by atoms with E-state index in [0.717, 1.165) is 11.5 Å². The van der Waals surface area contributed by atoms with Gasteiger partial charge in [-0.25, -0.2) is 0 Å². The number of hydrogen-bond acceptors (Lipinski definition) is 4. The zero-order valence-electron chi connectivity index (χ0n) is 11.0. The molecule has 0 saturated carbocycles. The summed E-state index contributed by atoms with van der Waals surface area (Å²) in [5, 5.41) is 12.2. The van der Waals surface area contributed by atoms with Crippen LogP contribution < -0.4 is 0 Å². The predicted octanol–water partition coefficient (Wildman–Crippen LogP) is 1.71. The Bertz CT molecular complexity index is 730. The van der Waals surface area contributed by atoms with Crippen molar-refractivity contribution in [2.24, 2.45) is 0 Å². The summed E-state index contributed by atoms with van der Waals surface area (Å²) >= 11 is 0. The van der Waals surface area contributed by atoms with Crippen LogP contribution in [0.4, 0.5) is 0 Å². The van der Waals surface area contributed by atoms with Gasteiger partial charge in [-0.3, -0.25) is 14.0 Å². The van der Waals surface area contributed by atoms with Gasteiger partial charge >= 0.3 is 0 Å². The van der Waals surface area contributed by atoms with Crippen molar-refractivity contribution < 1.29 is 4.79 Å². The third kappa shape index (κ3) is 2.35. The first kappa shape index (κ1) is 12.3. The molecule has 0 aliphatic heterocycles.